The lowest BCUT2D eigenvalue weighted by molar-refractivity contribution is 0.293. The van der Waals surface area contributed by atoms with Crippen LogP contribution in [-0.4, -0.2) is 22.5 Å². The standard InChI is InChI=1S/C12H14BN3O2/c14-6-11-5-12(16-8-15-11)18-7-9-2-1-3-10(4-9)13-17/h1-5,8,13,17H,6-7,14H2. The van der Waals surface area contributed by atoms with E-state index in [2.05, 4.69) is 9.97 Å². The molecule has 0 saturated heterocycles. The first kappa shape index (κ1) is 12.5. The SMILES string of the molecule is NCc1cc(OCc2cccc(BO)c2)ncn1. The van der Waals surface area contributed by atoms with E-state index in [4.69, 9.17) is 15.5 Å². The topological polar surface area (TPSA) is 81.3 Å². The lowest BCUT2D eigenvalue weighted by atomic mass is 9.88. The van der Waals surface area contributed by atoms with Crippen LogP contribution >= 0.6 is 0 Å². The molecule has 0 spiro atoms. The van der Waals surface area contributed by atoms with Gasteiger partial charge in [0.15, 0.2) is 0 Å². The molecule has 2 aromatic rings. The Morgan fingerprint density at radius 1 is 1.28 bits per heavy atom. The van der Waals surface area contributed by atoms with Crippen molar-refractivity contribution < 1.29 is 9.76 Å². The van der Waals surface area contributed by atoms with Crippen molar-refractivity contribution in [3.8, 4) is 5.88 Å². The fourth-order valence-corrected chi connectivity index (χ4v) is 1.54. The Balaban J connectivity index is 2.01. The number of nitrogens with two attached hydrogens (primary N) is 1. The van der Waals surface area contributed by atoms with Crippen LogP contribution in [0.1, 0.15) is 11.3 Å². The predicted octanol–water partition coefficient (Wildman–Crippen LogP) is -0.517. The fraction of sp³-hybridized carbons (Fsp3) is 0.167. The molecule has 1 heterocycles. The molecule has 0 fully saturated rings. The zero-order valence-electron chi connectivity index (χ0n) is 9.91. The lowest BCUT2D eigenvalue weighted by Crippen LogP contribution is -2.14. The molecule has 0 unspecified atom stereocenters. The second kappa shape index (κ2) is 6.14. The Morgan fingerprint density at radius 2 is 2.17 bits per heavy atom. The van der Waals surface area contributed by atoms with Crippen molar-refractivity contribution in [3.05, 3.63) is 47.9 Å². The first-order valence-corrected chi connectivity index (χ1v) is 5.64. The molecule has 0 aliphatic rings. The number of ether oxygens (including phenoxy) is 1. The van der Waals surface area contributed by atoms with Crippen molar-refractivity contribution >= 4 is 12.9 Å². The maximum absolute atomic E-state index is 9.04. The monoisotopic (exact) mass is 243 g/mol. The van der Waals surface area contributed by atoms with E-state index in [1.807, 2.05) is 24.3 Å². The molecule has 0 aliphatic heterocycles. The largest absolute Gasteiger partial charge is 0.473 e. The number of benzene rings is 1. The van der Waals surface area contributed by atoms with E-state index in [1.165, 1.54) is 6.33 Å². The minimum atomic E-state index is 0.0265. The van der Waals surface area contributed by atoms with Crippen LogP contribution in [0.5, 0.6) is 5.88 Å². The minimum Gasteiger partial charge on any atom is -0.473 e. The van der Waals surface area contributed by atoms with Gasteiger partial charge in [-0.25, -0.2) is 9.97 Å². The molecule has 1 aromatic carbocycles. The van der Waals surface area contributed by atoms with E-state index in [0.717, 1.165) is 16.7 Å². The van der Waals surface area contributed by atoms with Crippen LogP contribution in [0.2, 0.25) is 0 Å². The minimum absolute atomic E-state index is 0.0265. The number of aromatic nitrogens is 2. The van der Waals surface area contributed by atoms with Gasteiger partial charge in [-0.1, -0.05) is 29.7 Å². The first-order valence-electron chi connectivity index (χ1n) is 5.64. The van der Waals surface area contributed by atoms with Crippen LogP contribution in [0.4, 0.5) is 0 Å². The molecule has 0 saturated carbocycles. The van der Waals surface area contributed by atoms with Gasteiger partial charge in [-0.15, -0.1) is 0 Å². The maximum atomic E-state index is 9.04. The summed E-state index contributed by atoms with van der Waals surface area (Å²) in [7, 11) is 0.0265. The summed E-state index contributed by atoms with van der Waals surface area (Å²) >= 11 is 0. The maximum Gasteiger partial charge on any atom is 0.304 e. The molecule has 18 heavy (non-hydrogen) atoms. The summed E-state index contributed by atoms with van der Waals surface area (Å²) in [4.78, 5) is 8.00. The lowest BCUT2D eigenvalue weighted by Gasteiger charge is -2.06. The zero-order chi connectivity index (χ0) is 12.8. The molecule has 0 aliphatic carbocycles. The Morgan fingerprint density at radius 3 is 2.94 bits per heavy atom. The molecule has 1 aromatic heterocycles. The zero-order valence-corrected chi connectivity index (χ0v) is 9.91. The number of nitrogens with zero attached hydrogens (tertiary/aromatic N) is 2. The number of hydrogen-bond acceptors (Lipinski definition) is 5. The second-order valence-corrected chi connectivity index (χ2v) is 3.82. The van der Waals surface area contributed by atoms with Crippen molar-refractivity contribution in [2.24, 2.45) is 5.73 Å². The highest BCUT2D eigenvalue weighted by atomic mass is 16.5. The van der Waals surface area contributed by atoms with E-state index in [-0.39, 0.29) is 7.48 Å². The summed E-state index contributed by atoms with van der Waals surface area (Å²) in [6.07, 6.45) is 1.43. The Bertz CT molecular complexity index is 475. The second-order valence-electron chi connectivity index (χ2n) is 3.82. The number of rotatable bonds is 5. The molecule has 3 N–H and O–H groups in total. The summed E-state index contributed by atoms with van der Waals surface area (Å²) in [5.74, 6) is 0.500. The van der Waals surface area contributed by atoms with Crippen LogP contribution in [0.3, 0.4) is 0 Å². The van der Waals surface area contributed by atoms with Crippen LogP contribution < -0.4 is 15.9 Å². The quantitative estimate of drug-likeness (QED) is 0.691. The van der Waals surface area contributed by atoms with Crippen molar-refractivity contribution in [1.82, 2.24) is 9.97 Å². The molecular formula is C12H14BN3O2. The summed E-state index contributed by atoms with van der Waals surface area (Å²) in [6, 6.07) is 9.29. The third kappa shape index (κ3) is 3.29. The summed E-state index contributed by atoms with van der Waals surface area (Å²) in [5.41, 5.74) is 8.07. The molecule has 0 bridgehead atoms. The molecule has 2 rings (SSSR count). The molecule has 6 heteroatoms. The van der Waals surface area contributed by atoms with E-state index in [1.54, 1.807) is 6.07 Å². The Hall–Kier alpha value is -1.92. The van der Waals surface area contributed by atoms with Gasteiger partial charge in [-0.3, -0.25) is 0 Å². The van der Waals surface area contributed by atoms with E-state index >= 15 is 0 Å². The average Bonchev–Trinajstić information content (AvgIpc) is 2.45. The van der Waals surface area contributed by atoms with Crippen LogP contribution in [0.25, 0.3) is 0 Å². The summed E-state index contributed by atoms with van der Waals surface area (Å²) in [5, 5.41) is 9.04. The van der Waals surface area contributed by atoms with Gasteiger partial charge in [-0.05, 0) is 5.56 Å². The highest BCUT2D eigenvalue weighted by Gasteiger charge is 2.01. The van der Waals surface area contributed by atoms with Crippen molar-refractivity contribution in [2.45, 2.75) is 13.2 Å². The van der Waals surface area contributed by atoms with Gasteiger partial charge in [0.25, 0.3) is 0 Å². The van der Waals surface area contributed by atoms with Gasteiger partial charge in [-0.2, -0.15) is 0 Å². The first-order chi connectivity index (χ1) is 8.81. The summed E-state index contributed by atoms with van der Waals surface area (Å²) in [6.45, 7) is 0.758. The third-order valence-electron chi connectivity index (χ3n) is 2.47. The van der Waals surface area contributed by atoms with Crippen LogP contribution in [0, 0.1) is 0 Å². The van der Waals surface area contributed by atoms with Gasteiger partial charge in [0, 0.05) is 12.6 Å². The Labute approximate surface area is 106 Å². The average molecular weight is 243 g/mol. The molecule has 0 amide bonds. The summed E-state index contributed by atoms with van der Waals surface area (Å²) < 4.78 is 5.55. The Kier molecular flexibility index (Phi) is 4.27. The normalized spacial score (nSPS) is 10.1. The molecule has 0 atom stereocenters. The van der Waals surface area contributed by atoms with Gasteiger partial charge in [0.1, 0.15) is 12.9 Å². The third-order valence-corrected chi connectivity index (χ3v) is 2.47. The molecular weight excluding hydrogens is 229 g/mol. The van der Waals surface area contributed by atoms with Crippen molar-refractivity contribution in [3.63, 3.8) is 0 Å². The fourth-order valence-electron chi connectivity index (χ4n) is 1.54. The van der Waals surface area contributed by atoms with E-state index in [9.17, 15) is 0 Å². The van der Waals surface area contributed by atoms with Gasteiger partial charge < -0.3 is 15.5 Å². The van der Waals surface area contributed by atoms with Crippen molar-refractivity contribution in [2.75, 3.05) is 0 Å². The molecule has 0 radical (unpaired) electrons. The highest BCUT2D eigenvalue weighted by Crippen LogP contribution is 2.09. The van der Waals surface area contributed by atoms with E-state index in [0.29, 0.717) is 19.0 Å². The highest BCUT2D eigenvalue weighted by molar-refractivity contribution is 6.45. The van der Waals surface area contributed by atoms with Crippen molar-refractivity contribution in [1.29, 1.82) is 0 Å². The van der Waals surface area contributed by atoms with Gasteiger partial charge in [0.2, 0.25) is 5.88 Å². The van der Waals surface area contributed by atoms with Gasteiger partial charge >= 0.3 is 7.48 Å². The van der Waals surface area contributed by atoms with E-state index < -0.39 is 0 Å². The van der Waals surface area contributed by atoms with Crippen LogP contribution in [-0.2, 0) is 13.2 Å². The molecule has 92 valence electrons. The van der Waals surface area contributed by atoms with Crippen LogP contribution in [0.15, 0.2) is 36.7 Å². The smallest absolute Gasteiger partial charge is 0.304 e. The number of hydrogen-bond donors (Lipinski definition) is 2. The predicted molar refractivity (Wildman–Crippen MR) is 69.7 cm³/mol. The van der Waals surface area contributed by atoms with Gasteiger partial charge in [0.05, 0.1) is 5.69 Å². The molecule has 5 nitrogen and oxygen atoms in total.